The smallest absolute Gasteiger partial charge is 0.358 e. The molecule has 0 saturated carbocycles. The molecule has 2 aromatic rings. The lowest BCUT2D eigenvalue weighted by Gasteiger charge is -2.03. The van der Waals surface area contributed by atoms with Crippen LogP contribution in [-0.4, -0.2) is 25.4 Å². The van der Waals surface area contributed by atoms with Crippen LogP contribution in [0.4, 0.5) is 0 Å². The molecule has 0 spiro atoms. The van der Waals surface area contributed by atoms with Gasteiger partial charge in [-0.1, -0.05) is 6.92 Å². The van der Waals surface area contributed by atoms with Gasteiger partial charge in [-0.15, -0.1) is 0 Å². The molecule has 0 amide bonds. The Morgan fingerprint density at radius 2 is 2.41 bits per heavy atom. The molecule has 2 rings (SSSR count). The summed E-state index contributed by atoms with van der Waals surface area (Å²) in [6.07, 6.45) is 2.10. The number of hydrogen-bond acceptors (Lipinski definition) is 6. The molecule has 0 aliphatic rings. The van der Waals surface area contributed by atoms with E-state index in [0.717, 1.165) is 11.5 Å². The number of pyridine rings is 1. The van der Waals surface area contributed by atoms with Crippen LogP contribution in [0.2, 0.25) is 0 Å². The third-order valence-electron chi connectivity index (χ3n) is 1.94. The van der Waals surface area contributed by atoms with E-state index in [2.05, 4.69) is 14.3 Å². The van der Waals surface area contributed by atoms with E-state index in [4.69, 9.17) is 9.84 Å². The highest BCUT2D eigenvalue weighted by molar-refractivity contribution is 7.07. The molecule has 17 heavy (non-hydrogen) atoms. The van der Waals surface area contributed by atoms with Crippen molar-refractivity contribution in [3.05, 3.63) is 29.8 Å². The summed E-state index contributed by atoms with van der Waals surface area (Å²) in [5.74, 6) is -0.301. The molecular weight excluding hydrogens is 242 g/mol. The van der Waals surface area contributed by atoms with Crippen molar-refractivity contribution < 1.29 is 14.6 Å². The van der Waals surface area contributed by atoms with Crippen LogP contribution in [0, 0.1) is 0 Å². The summed E-state index contributed by atoms with van der Waals surface area (Å²) >= 11 is 1.09. The van der Waals surface area contributed by atoms with Gasteiger partial charge in [-0.05, 0) is 12.1 Å². The lowest BCUT2D eigenvalue weighted by Crippen LogP contribution is -2.02. The van der Waals surface area contributed by atoms with Gasteiger partial charge >= 0.3 is 5.97 Å². The van der Waals surface area contributed by atoms with Gasteiger partial charge in [-0.25, -0.2) is 9.78 Å². The number of aromatic carboxylic acids is 1. The Morgan fingerprint density at radius 1 is 1.59 bits per heavy atom. The summed E-state index contributed by atoms with van der Waals surface area (Å²) in [4.78, 5) is 18.7. The molecule has 0 atom stereocenters. The zero-order chi connectivity index (χ0) is 12.3. The highest BCUT2D eigenvalue weighted by atomic mass is 32.1. The van der Waals surface area contributed by atoms with Gasteiger partial charge in [0.05, 0.1) is 0 Å². The minimum Gasteiger partial charge on any atom is -0.476 e. The van der Waals surface area contributed by atoms with Crippen LogP contribution in [-0.2, 0) is 6.42 Å². The zero-order valence-electron chi connectivity index (χ0n) is 8.95. The molecule has 0 fully saturated rings. The molecule has 88 valence electrons. The van der Waals surface area contributed by atoms with Crippen LogP contribution in [0.15, 0.2) is 18.3 Å². The van der Waals surface area contributed by atoms with Crippen molar-refractivity contribution in [3.8, 4) is 10.9 Å². The third kappa shape index (κ3) is 2.56. The van der Waals surface area contributed by atoms with E-state index in [9.17, 15) is 4.79 Å². The van der Waals surface area contributed by atoms with Crippen molar-refractivity contribution in [3.63, 3.8) is 0 Å². The van der Waals surface area contributed by atoms with Crippen molar-refractivity contribution in [2.75, 3.05) is 0 Å². The highest BCUT2D eigenvalue weighted by Crippen LogP contribution is 2.25. The molecule has 6 nitrogen and oxygen atoms in total. The number of carboxylic acids is 1. The number of aromatic nitrogens is 3. The molecule has 0 unspecified atom stereocenters. The molecule has 0 saturated heterocycles. The number of carboxylic acid groups (broad SMARTS) is 1. The first-order valence-corrected chi connectivity index (χ1v) is 5.66. The number of hydrogen-bond donors (Lipinski definition) is 1. The molecule has 0 bridgehead atoms. The number of carbonyl (C=O) groups is 1. The molecule has 1 N–H and O–H groups in total. The van der Waals surface area contributed by atoms with Gasteiger partial charge in [0.1, 0.15) is 5.82 Å². The topological polar surface area (TPSA) is 85.2 Å². The Bertz CT molecular complexity index is 541. The zero-order valence-corrected chi connectivity index (χ0v) is 9.77. The number of rotatable bonds is 4. The van der Waals surface area contributed by atoms with Crippen LogP contribution in [0.3, 0.4) is 0 Å². The fraction of sp³-hybridized carbons (Fsp3) is 0.200. The van der Waals surface area contributed by atoms with Crippen molar-refractivity contribution >= 4 is 17.5 Å². The van der Waals surface area contributed by atoms with Crippen LogP contribution < -0.4 is 4.74 Å². The molecule has 0 radical (unpaired) electrons. The maximum Gasteiger partial charge on any atom is 0.358 e. The van der Waals surface area contributed by atoms with Crippen LogP contribution in [0.1, 0.15) is 23.2 Å². The van der Waals surface area contributed by atoms with Gasteiger partial charge in [0.25, 0.3) is 5.19 Å². The van der Waals surface area contributed by atoms with Gasteiger partial charge in [-0.2, -0.15) is 9.36 Å². The second-order valence-corrected chi connectivity index (χ2v) is 3.80. The van der Waals surface area contributed by atoms with Gasteiger partial charge in [-0.3, -0.25) is 0 Å². The van der Waals surface area contributed by atoms with Crippen LogP contribution in [0.25, 0.3) is 0 Å². The second-order valence-electron chi connectivity index (χ2n) is 3.09. The molecule has 2 heterocycles. The van der Waals surface area contributed by atoms with E-state index < -0.39 is 5.97 Å². The number of ether oxygens (including phenoxy) is 1. The first kappa shape index (κ1) is 11.5. The second kappa shape index (κ2) is 4.88. The van der Waals surface area contributed by atoms with Crippen LogP contribution >= 0.6 is 11.5 Å². The Balaban J connectivity index is 2.26. The molecule has 2 aromatic heterocycles. The van der Waals surface area contributed by atoms with Crippen molar-refractivity contribution in [1.82, 2.24) is 14.3 Å². The summed E-state index contributed by atoms with van der Waals surface area (Å²) in [6.45, 7) is 1.93. The lowest BCUT2D eigenvalue weighted by molar-refractivity contribution is 0.0687. The Labute approximate surface area is 101 Å². The van der Waals surface area contributed by atoms with E-state index in [1.54, 1.807) is 6.07 Å². The monoisotopic (exact) mass is 251 g/mol. The quantitative estimate of drug-likeness (QED) is 0.894. The van der Waals surface area contributed by atoms with Crippen molar-refractivity contribution in [1.29, 1.82) is 0 Å². The lowest BCUT2D eigenvalue weighted by atomic mass is 10.3. The van der Waals surface area contributed by atoms with Crippen LogP contribution in [0.5, 0.6) is 10.9 Å². The first-order valence-electron chi connectivity index (χ1n) is 4.89. The van der Waals surface area contributed by atoms with Gasteiger partial charge in [0, 0.05) is 24.2 Å². The Morgan fingerprint density at radius 3 is 3.06 bits per heavy atom. The van der Waals surface area contributed by atoms with E-state index in [0.29, 0.717) is 17.4 Å². The van der Waals surface area contributed by atoms with E-state index >= 15 is 0 Å². The van der Waals surface area contributed by atoms with E-state index in [1.807, 2.05) is 6.92 Å². The molecule has 0 aliphatic carbocycles. The molecule has 0 aromatic carbocycles. The molecule has 0 aliphatic heterocycles. The Hall–Kier alpha value is -2.02. The maximum absolute atomic E-state index is 10.9. The van der Waals surface area contributed by atoms with Crippen molar-refractivity contribution in [2.45, 2.75) is 13.3 Å². The maximum atomic E-state index is 10.9. The van der Waals surface area contributed by atoms with Crippen molar-refractivity contribution in [2.24, 2.45) is 0 Å². The highest BCUT2D eigenvalue weighted by Gasteiger charge is 2.14. The number of nitrogens with zero attached hydrogens (tertiary/aromatic N) is 3. The average Bonchev–Trinajstić information content (AvgIpc) is 2.77. The fourth-order valence-corrected chi connectivity index (χ4v) is 1.78. The summed E-state index contributed by atoms with van der Waals surface area (Å²) in [7, 11) is 0. The SMILES string of the molecule is CCc1nsc(Oc2cccnc2C(=O)O)n1. The summed E-state index contributed by atoms with van der Waals surface area (Å²) < 4.78 is 9.40. The summed E-state index contributed by atoms with van der Waals surface area (Å²) in [5, 5.41) is 9.24. The predicted octanol–water partition coefficient (Wildman–Crippen LogP) is 1.99. The minimum absolute atomic E-state index is 0.138. The third-order valence-corrected chi connectivity index (χ3v) is 2.57. The van der Waals surface area contributed by atoms with E-state index in [1.165, 1.54) is 12.3 Å². The average molecular weight is 251 g/mol. The van der Waals surface area contributed by atoms with Gasteiger partial charge in [0.2, 0.25) is 0 Å². The molecular formula is C10H9N3O3S. The normalized spacial score (nSPS) is 10.2. The molecule has 7 heteroatoms. The predicted molar refractivity (Wildman–Crippen MR) is 60.6 cm³/mol. The number of aryl methyl sites for hydroxylation is 1. The summed E-state index contributed by atoms with van der Waals surface area (Å²) in [6, 6.07) is 3.13. The van der Waals surface area contributed by atoms with E-state index in [-0.39, 0.29) is 11.4 Å². The first-order chi connectivity index (χ1) is 8.20. The minimum atomic E-state index is -1.14. The summed E-state index contributed by atoms with van der Waals surface area (Å²) in [5.41, 5.74) is -0.138. The standard InChI is InChI=1S/C10H9N3O3S/c1-2-7-12-10(17-13-7)16-6-4-3-5-11-8(6)9(14)15/h3-5H,2H2,1H3,(H,14,15). The van der Waals surface area contributed by atoms with Gasteiger partial charge < -0.3 is 9.84 Å². The largest absolute Gasteiger partial charge is 0.476 e. The Kier molecular flexibility index (Phi) is 3.29. The fourth-order valence-electron chi connectivity index (χ4n) is 1.15. The van der Waals surface area contributed by atoms with Gasteiger partial charge in [0.15, 0.2) is 11.4 Å².